The van der Waals surface area contributed by atoms with Crippen molar-refractivity contribution >= 4 is 11.6 Å². The summed E-state index contributed by atoms with van der Waals surface area (Å²) in [7, 11) is 0. The van der Waals surface area contributed by atoms with Gasteiger partial charge in [0, 0.05) is 30.7 Å². The van der Waals surface area contributed by atoms with Gasteiger partial charge in [-0.1, -0.05) is 6.92 Å². The number of nitrogens with zero attached hydrogens (tertiary/aromatic N) is 2. The Morgan fingerprint density at radius 3 is 3.00 bits per heavy atom. The highest BCUT2D eigenvalue weighted by Crippen LogP contribution is 2.25. The Morgan fingerprint density at radius 2 is 2.29 bits per heavy atom. The van der Waals surface area contributed by atoms with Crippen molar-refractivity contribution in [2.75, 3.05) is 12.3 Å². The zero-order valence-corrected chi connectivity index (χ0v) is 10.4. The van der Waals surface area contributed by atoms with Crippen molar-refractivity contribution in [2.24, 2.45) is 5.92 Å². The molecule has 2 atom stereocenters. The Kier molecular flexibility index (Phi) is 3.31. The second-order valence-electron chi connectivity index (χ2n) is 4.82. The van der Waals surface area contributed by atoms with Gasteiger partial charge in [-0.05, 0) is 31.7 Å². The third-order valence-electron chi connectivity index (χ3n) is 3.72. The van der Waals surface area contributed by atoms with Crippen LogP contribution in [0, 0.1) is 5.92 Å². The number of amides is 1. The van der Waals surface area contributed by atoms with Gasteiger partial charge in [-0.3, -0.25) is 9.78 Å². The molecule has 0 radical (unpaired) electrons. The Morgan fingerprint density at radius 1 is 1.53 bits per heavy atom. The van der Waals surface area contributed by atoms with E-state index in [2.05, 4.69) is 18.8 Å². The molecule has 1 aliphatic rings. The maximum atomic E-state index is 12.4. The summed E-state index contributed by atoms with van der Waals surface area (Å²) in [5.41, 5.74) is 6.85. The van der Waals surface area contributed by atoms with Gasteiger partial charge in [-0.15, -0.1) is 0 Å². The second kappa shape index (κ2) is 4.73. The van der Waals surface area contributed by atoms with Crippen molar-refractivity contribution in [3.05, 3.63) is 24.0 Å². The first-order valence-corrected chi connectivity index (χ1v) is 6.11. The molecule has 4 nitrogen and oxygen atoms in total. The van der Waals surface area contributed by atoms with E-state index in [0.717, 1.165) is 13.0 Å². The minimum atomic E-state index is 0.00894. The molecule has 17 heavy (non-hydrogen) atoms. The van der Waals surface area contributed by atoms with Gasteiger partial charge in [0.15, 0.2) is 0 Å². The summed E-state index contributed by atoms with van der Waals surface area (Å²) in [4.78, 5) is 18.3. The molecule has 0 bridgehead atoms. The molecule has 1 aromatic heterocycles. The van der Waals surface area contributed by atoms with Crippen LogP contribution in [0.25, 0.3) is 0 Å². The minimum absolute atomic E-state index is 0.00894. The number of likely N-dealkylation sites (tertiary alicyclic amines) is 1. The van der Waals surface area contributed by atoms with Crippen LogP contribution in [0.15, 0.2) is 18.5 Å². The fraction of sp³-hybridized carbons (Fsp3) is 0.538. The number of carbonyl (C=O) groups is 1. The number of pyridine rings is 1. The Bertz CT molecular complexity index is 419. The summed E-state index contributed by atoms with van der Waals surface area (Å²) in [5.74, 6) is 0.556. The van der Waals surface area contributed by atoms with Gasteiger partial charge in [-0.25, -0.2) is 0 Å². The quantitative estimate of drug-likeness (QED) is 0.806. The number of anilines is 1. The monoisotopic (exact) mass is 233 g/mol. The number of aromatic nitrogens is 1. The van der Waals surface area contributed by atoms with E-state index in [1.165, 1.54) is 6.42 Å². The molecule has 4 heteroatoms. The highest BCUT2D eigenvalue weighted by atomic mass is 16.2. The van der Waals surface area contributed by atoms with Crippen LogP contribution < -0.4 is 5.73 Å². The zero-order valence-electron chi connectivity index (χ0n) is 10.4. The molecule has 2 N–H and O–H groups in total. The second-order valence-corrected chi connectivity index (χ2v) is 4.82. The van der Waals surface area contributed by atoms with E-state index in [1.807, 2.05) is 4.90 Å². The molecule has 92 valence electrons. The smallest absolute Gasteiger partial charge is 0.257 e. The Hall–Kier alpha value is -1.58. The van der Waals surface area contributed by atoms with E-state index in [4.69, 9.17) is 5.73 Å². The molecule has 2 unspecified atom stereocenters. The minimum Gasteiger partial charge on any atom is -0.398 e. The average Bonchev–Trinajstić information content (AvgIpc) is 2.32. The molecule has 2 heterocycles. The molecule has 1 fully saturated rings. The molecule has 0 spiro atoms. The first-order chi connectivity index (χ1) is 8.11. The number of nitrogen functional groups attached to an aromatic ring is 1. The van der Waals surface area contributed by atoms with Crippen molar-refractivity contribution in [2.45, 2.75) is 32.7 Å². The average molecular weight is 233 g/mol. The summed E-state index contributed by atoms with van der Waals surface area (Å²) in [5, 5.41) is 0. The fourth-order valence-corrected chi connectivity index (χ4v) is 2.36. The number of nitrogens with two attached hydrogens (primary N) is 1. The summed E-state index contributed by atoms with van der Waals surface area (Å²) in [6, 6.07) is 1.95. The van der Waals surface area contributed by atoms with Gasteiger partial charge in [0.05, 0.1) is 5.56 Å². The van der Waals surface area contributed by atoms with Crippen molar-refractivity contribution in [3.8, 4) is 0 Å². The number of hydrogen-bond acceptors (Lipinski definition) is 3. The van der Waals surface area contributed by atoms with Crippen LogP contribution in [0.1, 0.15) is 37.0 Å². The maximum absolute atomic E-state index is 12.4. The third-order valence-corrected chi connectivity index (χ3v) is 3.72. The van der Waals surface area contributed by atoms with Crippen LogP contribution in [0.5, 0.6) is 0 Å². The Labute approximate surface area is 102 Å². The van der Waals surface area contributed by atoms with Gasteiger partial charge in [0.2, 0.25) is 0 Å². The highest BCUT2D eigenvalue weighted by molar-refractivity contribution is 5.98. The van der Waals surface area contributed by atoms with Crippen molar-refractivity contribution in [1.82, 2.24) is 9.88 Å². The lowest BCUT2D eigenvalue weighted by Gasteiger charge is -2.38. The zero-order chi connectivity index (χ0) is 12.4. The van der Waals surface area contributed by atoms with Gasteiger partial charge < -0.3 is 10.6 Å². The number of piperidine rings is 1. The molecule has 0 saturated carbocycles. The van der Waals surface area contributed by atoms with Gasteiger partial charge in [0.25, 0.3) is 5.91 Å². The fourth-order valence-electron chi connectivity index (χ4n) is 2.36. The molecule has 1 aliphatic heterocycles. The van der Waals surface area contributed by atoms with E-state index in [9.17, 15) is 4.79 Å². The van der Waals surface area contributed by atoms with Gasteiger partial charge in [-0.2, -0.15) is 0 Å². The summed E-state index contributed by atoms with van der Waals surface area (Å²) in [6.45, 7) is 5.11. The molecule has 0 aliphatic carbocycles. The first kappa shape index (κ1) is 11.9. The van der Waals surface area contributed by atoms with Crippen molar-refractivity contribution in [1.29, 1.82) is 0 Å². The largest absolute Gasteiger partial charge is 0.398 e. The lowest BCUT2D eigenvalue weighted by molar-refractivity contribution is 0.0551. The van der Waals surface area contributed by atoms with E-state index in [0.29, 0.717) is 17.2 Å². The van der Waals surface area contributed by atoms with Crippen LogP contribution in [0.3, 0.4) is 0 Å². The van der Waals surface area contributed by atoms with E-state index in [1.54, 1.807) is 18.5 Å². The molecule has 0 aromatic carbocycles. The predicted molar refractivity (Wildman–Crippen MR) is 67.5 cm³/mol. The SMILES string of the molecule is CC1CCCN(C(=O)c2cnccc2N)C1C. The summed E-state index contributed by atoms with van der Waals surface area (Å²) < 4.78 is 0. The molecule has 1 aromatic rings. The third kappa shape index (κ3) is 2.25. The van der Waals surface area contributed by atoms with Crippen molar-refractivity contribution in [3.63, 3.8) is 0 Å². The number of carbonyl (C=O) groups excluding carboxylic acids is 1. The van der Waals surface area contributed by atoms with Crippen LogP contribution >= 0.6 is 0 Å². The molecule has 2 rings (SSSR count). The summed E-state index contributed by atoms with van der Waals surface area (Å²) in [6.07, 6.45) is 5.42. The highest BCUT2D eigenvalue weighted by Gasteiger charge is 2.29. The topological polar surface area (TPSA) is 59.2 Å². The summed E-state index contributed by atoms with van der Waals surface area (Å²) >= 11 is 0. The molecular weight excluding hydrogens is 214 g/mol. The van der Waals surface area contributed by atoms with E-state index in [-0.39, 0.29) is 11.9 Å². The van der Waals surface area contributed by atoms with Crippen LogP contribution in [-0.4, -0.2) is 28.4 Å². The van der Waals surface area contributed by atoms with Crippen LogP contribution in [0.2, 0.25) is 0 Å². The standard InChI is InChI=1S/C13H19N3O/c1-9-4-3-7-16(10(9)2)13(17)11-8-15-6-5-12(11)14/h5-6,8-10H,3-4,7H2,1-2H3,(H2,14,15). The molecule has 1 saturated heterocycles. The molecule has 1 amide bonds. The lowest BCUT2D eigenvalue weighted by atomic mass is 9.91. The number of hydrogen-bond donors (Lipinski definition) is 1. The lowest BCUT2D eigenvalue weighted by Crippen LogP contribution is -2.46. The Balaban J connectivity index is 2.23. The normalized spacial score (nSPS) is 24.7. The van der Waals surface area contributed by atoms with Crippen LogP contribution in [-0.2, 0) is 0 Å². The van der Waals surface area contributed by atoms with E-state index >= 15 is 0 Å². The van der Waals surface area contributed by atoms with Crippen molar-refractivity contribution < 1.29 is 4.79 Å². The molecular formula is C13H19N3O. The maximum Gasteiger partial charge on any atom is 0.257 e. The van der Waals surface area contributed by atoms with Gasteiger partial charge >= 0.3 is 0 Å². The predicted octanol–water partition coefficient (Wildman–Crippen LogP) is 1.92. The first-order valence-electron chi connectivity index (χ1n) is 6.11. The number of rotatable bonds is 1. The van der Waals surface area contributed by atoms with Crippen LogP contribution in [0.4, 0.5) is 5.69 Å². The van der Waals surface area contributed by atoms with Gasteiger partial charge in [0.1, 0.15) is 0 Å². The van der Waals surface area contributed by atoms with E-state index < -0.39 is 0 Å².